The van der Waals surface area contributed by atoms with E-state index in [2.05, 4.69) is 4.98 Å². The maximum absolute atomic E-state index is 12.2. The topological polar surface area (TPSA) is 30.0 Å². The summed E-state index contributed by atoms with van der Waals surface area (Å²) in [4.78, 5) is 14.7. The quantitative estimate of drug-likeness (QED) is 0.618. The van der Waals surface area contributed by atoms with E-state index < -0.39 is 43.0 Å². The van der Waals surface area contributed by atoms with Gasteiger partial charge in [-0.1, -0.05) is 0 Å². The van der Waals surface area contributed by atoms with Gasteiger partial charge in [0.25, 0.3) is 0 Å². The number of pyridine rings is 1. The molecule has 0 aliphatic heterocycles. The van der Waals surface area contributed by atoms with E-state index >= 15 is 0 Å². The Bertz CT molecular complexity index is 434. The molecule has 0 N–H and O–H groups in total. The molecule has 0 radical (unpaired) electrons. The maximum atomic E-state index is 12.2. The van der Waals surface area contributed by atoms with Crippen LogP contribution < -0.4 is 0 Å². The van der Waals surface area contributed by atoms with Crippen molar-refractivity contribution in [2.24, 2.45) is 0 Å². The Labute approximate surface area is 104 Å². The van der Waals surface area contributed by atoms with Crippen LogP contribution in [0.15, 0.2) is 18.3 Å². The summed E-state index contributed by atoms with van der Waals surface area (Å²) < 4.78 is 72.1. The minimum atomic E-state index is -4.56. The summed E-state index contributed by atoms with van der Waals surface area (Å²) in [7, 11) is 0. The normalized spacial score (nSPS) is 12.5. The highest BCUT2D eigenvalue weighted by atomic mass is 19.4. The second-order valence-electron chi connectivity index (χ2n) is 3.82. The van der Waals surface area contributed by atoms with Gasteiger partial charge in [0.1, 0.15) is 5.69 Å². The minimum absolute atomic E-state index is 0.268. The molecule has 0 atom stereocenters. The average Bonchev–Trinajstić information content (AvgIpc) is 2.26. The molecule has 0 amide bonds. The van der Waals surface area contributed by atoms with Gasteiger partial charge in [-0.25, -0.2) is 0 Å². The maximum Gasteiger partial charge on any atom is 0.417 e. The Morgan fingerprint density at radius 1 is 1.11 bits per heavy atom. The van der Waals surface area contributed by atoms with Gasteiger partial charge < -0.3 is 0 Å². The predicted molar refractivity (Wildman–Crippen MR) is 53.5 cm³/mol. The summed E-state index contributed by atoms with van der Waals surface area (Å²) in [6, 6.07) is 1.53. The fraction of sp³-hybridized carbons (Fsp3) is 0.455. The van der Waals surface area contributed by atoms with Crippen molar-refractivity contribution in [2.45, 2.75) is 31.6 Å². The Kier molecular flexibility index (Phi) is 4.54. The minimum Gasteiger partial charge on any atom is -0.292 e. The average molecular weight is 285 g/mol. The highest BCUT2D eigenvalue weighted by Gasteiger charge is 2.31. The van der Waals surface area contributed by atoms with Crippen molar-refractivity contribution in [3.63, 3.8) is 0 Å². The molecule has 1 aromatic heterocycles. The van der Waals surface area contributed by atoms with Crippen LogP contribution in [0.1, 0.15) is 35.3 Å². The molecule has 0 fully saturated rings. The van der Waals surface area contributed by atoms with Gasteiger partial charge in [-0.2, -0.15) is 26.3 Å². The smallest absolute Gasteiger partial charge is 0.292 e. The predicted octanol–water partition coefficient (Wildman–Crippen LogP) is 4.02. The first-order valence-electron chi connectivity index (χ1n) is 5.23. The summed E-state index contributed by atoms with van der Waals surface area (Å²) in [6.07, 6.45) is -10.4. The number of hydrogen-bond donors (Lipinski definition) is 0. The second-order valence-corrected chi connectivity index (χ2v) is 3.82. The van der Waals surface area contributed by atoms with Gasteiger partial charge in [-0.15, -0.1) is 0 Å². The van der Waals surface area contributed by atoms with Crippen LogP contribution in [-0.4, -0.2) is 16.9 Å². The summed E-state index contributed by atoms with van der Waals surface area (Å²) in [6.45, 7) is 0. The summed E-state index contributed by atoms with van der Waals surface area (Å²) in [5.41, 5.74) is -1.28. The molecule has 0 saturated heterocycles. The van der Waals surface area contributed by atoms with E-state index in [0.29, 0.717) is 12.3 Å². The van der Waals surface area contributed by atoms with Gasteiger partial charge in [0.15, 0.2) is 5.78 Å². The van der Waals surface area contributed by atoms with Crippen LogP contribution in [0.3, 0.4) is 0 Å². The fourth-order valence-electron chi connectivity index (χ4n) is 1.30. The van der Waals surface area contributed by atoms with E-state index in [4.69, 9.17) is 0 Å². The molecule has 2 nitrogen and oxygen atoms in total. The third-order valence-electron chi connectivity index (χ3n) is 2.24. The molecule has 0 saturated carbocycles. The van der Waals surface area contributed by atoms with E-state index in [1.54, 1.807) is 0 Å². The SMILES string of the molecule is O=C(CCCC(F)(F)F)c1ccc(C(F)(F)F)cn1. The Balaban J connectivity index is 2.59. The lowest BCUT2D eigenvalue weighted by Gasteiger charge is -2.07. The summed E-state index contributed by atoms with van der Waals surface area (Å²) >= 11 is 0. The third-order valence-corrected chi connectivity index (χ3v) is 2.24. The zero-order chi connectivity index (χ0) is 14.7. The second kappa shape index (κ2) is 5.58. The van der Waals surface area contributed by atoms with Crippen LogP contribution in [0.25, 0.3) is 0 Å². The number of carbonyl (C=O) groups is 1. The largest absolute Gasteiger partial charge is 0.417 e. The number of nitrogens with zero attached hydrogens (tertiary/aromatic N) is 1. The fourth-order valence-corrected chi connectivity index (χ4v) is 1.30. The van der Waals surface area contributed by atoms with E-state index in [9.17, 15) is 31.1 Å². The highest BCUT2D eigenvalue weighted by molar-refractivity contribution is 5.94. The number of hydrogen-bond acceptors (Lipinski definition) is 2. The van der Waals surface area contributed by atoms with Crippen LogP contribution in [0.5, 0.6) is 0 Å². The van der Waals surface area contributed by atoms with Crippen LogP contribution in [0.2, 0.25) is 0 Å². The first-order chi connectivity index (χ1) is 8.59. The lowest BCUT2D eigenvalue weighted by Crippen LogP contribution is -2.10. The van der Waals surface area contributed by atoms with E-state index in [-0.39, 0.29) is 5.69 Å². The molecule has 1 aromatic rings. The third kappa shape index (κ3) is 5.27. The molecule has 1 heterocycles. The van der Waals surface area contributed by atoms with Crippen molar-refractivity contribution in [3.8, 4) is 0 Å². The number of aromatic nitrogens is 1. The molecule has 0 bridgehead atoms. The van der Waals surface area contributed by atoms with Crippen LogP contribution in [0, 0.1) is 0 Å². The lowest BCUT2D eigenvalue weighted by molar-refractivity contribution is -0.138. The molecule has 19 heavy (non-hydrogen) atoms. The number of ketones is 1. The van der Waals surface area contributed by atoms with Gasteiger partial charge in [-0.05, 0) is 18.6 Å². The first-order valence-corrected chi connectivity index (χ1v) is 5.23. The monoisotopic (exact) mass is 285 g/mol. The zero-order valence-electron chi connectivity index (χ0n) is 9.48. The van der Waals surface area contributed by atoms with Crippen molar-refractivity contribution >= 4 is 5.78 Å². The zero-order valence-corrected chi connectivity index (χ0v) is 9.48. The van der Waals surface area contributed by atoms with Crippen LogP contribution in [0.4, 0.5) is 26.3 Å². The van der Waals surface area contributed by atoms with Crippen LogP contribution >= 0.6 is 0 Å². The number of carbonyl (C=O) groups excluding carboxylic acids is 1. The summed E-state index contributed by atoms with van der Waals surface area (Å²) in [5, 5.41) is 0. The van der Waals surface area contributed by atoms with E-state index in [0.717, 1.165) is 6.07 Å². The van der Waals surface area contributed by atoms with Crippen molar-refractivity contribution in [1.29, 1.82) is 0 Å². The molecule has 0 aliphatic rings. The van der Waals surface area contributed by atoms with Crippen molar-refractivity contribution in [1.82, 2.24) is 4.98 Å². The molecule has 0 unspecified atom stereocenters. The number of halogens is 6. The van der Waals surface area contributed by atoms with Crippen molar-refractivity contribution in [3.05, 3.63) is 29.6 Å². The summed E-state index contributed by atoms with van der Waals surface area (Å²) in [5.74, 6) is -0.710. The van der Waals surface area contributed by atoms with Gasteiger partial charge in [0, 0.05) is 19.0 Å². The molecular weight excluding hydrogens is 276 g/mol. The molecule has 0 aromatic carbocycles. The Hall–Kier alpha value is -1.60. The Morgan fingerprint density at radius 3 is 2.16 bits per heavy atom. The van der Waals surface area contributed by atoms with Gasteiger partial charge in [0.05, 0.1) is 5.56 Å². The standard InChI is InChI=1S/C11H9F6NO/c12-10(13,14)5-1-2-9(19)8-4-3-7(6-18-8)11(15,16)17/h3-4,6H,1-2,5H2. The van der Waals surface area contributed by atoms with E-state index in [1.807, 2.05) is 0 Å². The Morgan fingerprint density at radius 2 is 1.74 bits per heavy atom. The molecule has 106 valence electrons. The molecule has 8 heteroatoms. The van der Waals surface area contributed by atoms with Crippen molar-refractivity contribution in [2.75, 3.05) is 0 Å². The molecule has 1 rings (SSSR count). The van der Waals surface area contributed by atoms with Gasteiger partial charge in [0.2, 0.25) is 0 Å². The van der Waals surface area contributed by atoms with Crippen molar-refractivity contribution < 1.29 is 31.1 Å². The van der Waals surface area contributed by atoms with Gasteiger partial charge in [-0.3, -0.25) is 9.78 Å². The lowest BCUT2D eigenvalue weighted by atomic mass is 10.1. The molecular formula is C11H9F6NO. The van der Waals surface area contributed by atoms with E-state index in [1.165, 1.54) is 0 Å². The highest BCUT2D eigenvalue weighted by Crippen LogP contribution is 2.28. The molecule has 0 aliphatic carbocycles. The number of rotatable bonds is 4. The first kappa shape index (κ1) is 15.5. The van der Waals surface area contributed by atoms with Crippen LogP contribution in [-0.2, 0) is 6.18 Å². The number of alkyl halides is 6. The molecule has 0 spiro atoms. The van der Waals surface area contributed by atoms with Gasteiger partial charge >= 0.3 is 12.4 Å². The number of Topliss-reactive ketones (excluding diaryl/α,β-unsaturated/α-hetero) is 1.